The summed E-state index contributed by atoms with van der Waals surface area (Å²) in [7, 11) is 0. The number of carbonyl (C=O) groups excluding carboxylic acids is 1. The van der Waals surface area contributed by atoms with Crippen LogP contribution in [-0.2, 0) is 4.79 Å². The van der Waals surface area contributed by atoms with Crippen LogP contribution in [0.3, 0.4) is 0 Å². The van der Waals surface area contributed by atoms with Crippen molar-refractivity contribution >= 4 is 53.7 Å². The van der Waals surface area contributed by atoms with Crippen molar-refractivity contribution in [1.29, 1.82) is 0 Å². The Bertz CT molecular complexity index is 581. The van der Waals surface area contributed by atoms with Crippen LogP contribution >= 0.6 is 47.8 Å². The maximum absolute atomic E-state index is 11.6. The highest BCUT2D eigenvalue weighted by Gasteiger charge is 2.27. The molecule has 0 radical (unpaired) electrons. The van der Waals surface area contributed by atoms with Crippen molar-refractivity contribution in [3.05, 3.63) is 72.9 Å². The van der Waals surface area contributed by atoms with Crippen LogP contribution in [0.5, 0.6) is 0 Å². The topological polar surface area (TPSA) is 29.1 Å². The first-order valence-electron chi connectivity index (χ1n) is 10.2. The molecule has 0 bridgehead atoms. The molecule has 162 valence electrons. The van der Waals surface area contributed by atoms with E-state index in [1.54, 1.807) is 0 Å². The molecule has 0 rings (SSSR count). The van der Waals surface area contributed by atoms with E-state index in [0.717, 1.165) is 51.4 Å². The number of unbranched alkanes of at least 4 members (excludes halogenated alkanes) is 1. The average molecular weight is 592 g/mol. The van der Waals surface area contributed by atoms with Gasteiger partial charge in [0.1, 0.15) is 0 Å². The normalized spacial score (nSPS) is 13.4. The van der Waals surface area contributed by atoms with Crippen molar-refractivity contribution in [3.63, 3.8) is 0 Å². The largest absolute Gasteiger partial charge is 0.353 e. The summed E-state index contributed by atoms with van der Waals surface area (Å²) < 4.78 is -0.860. The molecule has 0 aliphatic heterocycles. The monoisotopic (exact) mass is 589 g/mol. The first-order chi connectivity index (χ1) is 14.0. The van der Waals surface area contributed by atoms with Gasteiger partial charge in [-0.1, -0.05) is 79.8 Å². The van der Waals surface area contributed by atoms with Gasteiger partial charge in [0.2, 0.25) is 2.14 Å². The van der Waals surface area contributed by atoms with Gasteiger partial charge < -0.3 is 5.32 Å². The van der Waals surface area contributed by atoms with Gasteiger partial charge in [-0.15, -0.1) is 0 Å². The molecule has 0 fully saturated rings. The zero-order valence-corrected chi connectivity index (χ0v) is 22.1. The average Bonchev–Trinajstić information content (AvgIpc) is 2.68. The van der Waals surface area contributed by atoms with Crippen LogP contribution in [0.1, 0.15) is 58.3 Å². The number of halogens is 3. The molecule has 0 aromatic heterocycles. The number of carbonyl (C=O) groups is 1. The van der Waals surface area contributed by atoms with E-state index in [1.807, 2.05) is 0 Å². The number of nitrogens with one attached hydrogen (secondary N) is 1. The summed E-state index contributed by atoms with van der Waals surface area (Å²) in [5.41, 5.74) is 0. The van der Waals surface area contributed by atoms with Crippen LogP contribution in [0, 0.1) is 0 Å². The van der Waals surface area contributed by atoms with Gasteiger partial charge in [0.25, 0.3) is 5.91 Å². The van der Waals surface area contributed by atoms with Crippen LogP contribution in [0.4, 0.5) is 0 Å². The van der Waals surface area contributed by atoms with E-state index in [4.69, 9.17) is 0 Å². The molecule has 2 nitrogen and oxygen atoms in total. The minimum absolute atomic E-state index is 0.125. The summed E-state index contributed by atoms with van der Waals surface area (Å²) in [6, 6.07) is 0. The molecule has 0 saturated heterocycles. The summed E-state index contributed by atoms with van der Waals surface area (Å²) in [6.07, 6.45) is 34.4. The Kier molecular flexibility index (Phi) is 20.2. The third-order valence-corrected chi connectivity index (χ3v) is 4.77. The second kappa shape index (κ2) is 20.6. The second-order valence-electron chi connectivity index (χ2n) is 6.31. The van der Waals surface area contributed by atoms with E-state index in [2.05, 4.69) is 133 Å². The van der Waals surface area contributed by atoms with Gasteiger partial charge in [-0.3, -0.25) is 4.79 Å². The van der Waals surface area contributed by atoms with Gasteiger partial charge in [-0.25, -0.2) is 0 Å². The second-order valence-corrected chi connectivity index (χ2v) is 13.1. The highest BCUT2D eigenvalue weighted by atomic mass is 80.0. The Morgan fingerprint density at radius 1 is 0.690 bits per heavy atom. The van der Waals surface area contributed by atoms with E-state index >= 15 is 0 Å². The van der Waals surface area contributed by atoms with Crippen molar-refractivity contribution in [2.45, 2.75) is 60.4 Å². The summed E-state index contributed by atoms with van der Waals surface area (Å²) in [5.74, 6) is -0.125. The summed E-state index contributed by atoms with van der Waals surface area (Å²) in [6.45, 7) is 2.82. The number of alkyl halides is 3. The highest BCUT2D eigenvalue weighted by molar-refractivity contribution is 9.40. The Morgan fingerprint density at radius 3 is 1.45 bits per heavy atom. The molecule has 0 aromatic rings. The first-order valence-corrected chi connectivity index (χ1v) is 12.6. The van der Waals surface area contributed by atoms with E-state index in [1.165, 1.54) is 0 Å². The molecule has 5 heteroatoms. The number of rotatable bonds is 15. The Balaban J connectivity index is 3.57. The van der Waals surface area contributed by atoms with Gasteiger partial charge >= 0.3 is 0 Å². The highest BCUT2D eigenvalue weighted by Crippen LogP contribution is 2.33. The fraction of sp³-hybridized carbons (Fsp3) is 0.458. The molecule has 1 N–H and O–H groups in total. The van der Waals surface area contributed by atoms with E-state index < -0.39 is 2.14 Å². The lowest BCUT2D eigenvalue weighted by Crippen LogP contribution is -2.34. The molecule has 0 unspecified atom stereocenters. The molecule has 0 heterocycles. The fourth-order valence-electron chi connectivity index (χ4n) is 2.16. The predicted octanol–water partition coefficient (Wildman–Crippen LogP) is 8.42. The van der Waals surface area contributed by atoms with Crippen LogP contribution in [-0.4, -0.2) is 14.6 Å². The van der Waals surface area contributed by atoms with Crippen molar-refractivity contribution in [3.8, 4) is 0 Å². The SMILES string of the molecule is CCC=CCC=CCC=CCC=CCC=CCC=CCCCNC(=O)C(Br)(Br)Br. The molecule has 0 aromatic carbocycles. The minimum Gasteiger partial charge on any atom is -0.353 e. The van der Waals surface area contributed by atoms with Gasteiger partial charge in [0.15, 0.2) is 0 Å². The molecule has 0 aliphatic rings. The third-order valence-electron chi connectivity index (χ3n) is 3.69. The van der Waals surface area contributed by atoms with Crippen molar-refractivity contribution in [2.75, 3.05) is 6.54 Å². The number of allylic oxidation sites excluding steroid dienone is 12. The van der Waals surface area contributed by atoms with Crippen molar-refractivity contribution in [2.24, 2.45) is 0 Å². The predicted molar refractivity (Wildman–Crippen MR) is 140 cm³/mol. The van der Waals surface area contributed by atoms with Crippen LogP contribution in [0.25, 0.3) is 0 Å². The van der Waals surface area contributed by atoms with Gasteiger partial charge in [-0.05, 0) is 99.2 Å². The van der Waals surface area contributed by atoms with Crippen molar-refractivity contribution in [1.82, 2.24) is 5.32 Å². The molecule has 0 aliphatic carbocycles. The van der Waals surface area contributed by atoms with E-state index in [0.29, 0.717) is 6.54 Å². The minimum atomic E-state index is -0.860. The summed E-state index contributed by atoms with van der Waals surface area (Å²) in [4.78, 5) is 11.6. The van der Waals surface area contributed by atoms with Crippen LogP contribution in [0.15, 0.2) is 72.9 Å². The number of hydrogen-bond acceptors (Lipinski definition) is 1. The summed E-state index contributed by atoms with van der Waals surface area (Å²) in [5, 5.41) is 2.84. The number of hydrogen-bond donors (Lipinski definition) is 1. The smallest absolute Gasteiger partial charge is 0.258 e. The quantitative estimate of drug-likeness (QED) is 0.116. The van der Waals surface area contributed by atoms with Gasteiger partial charge in [0, 0.05) is 6.54 Å². The van der Waals surface area contributed by atoms with Crippen LogP contribution in [0.2, 0.25) is 0 Å². The molecule has 29 heavy (non-hydrogen) atoms. The molecule has 0 spiro atoms. The molecular formula is C24H34Br3NO. The maximum atomic E-state index is 11.6. The van der Waals surface area contributed by atoms with E-state index in [9.17, 15) is 4.79 Å². The third kappa shape index (κ3) is 21.9. The fourth-order valence-corrected chi connectivity index (χ4v) is 2.58. The maximum Gasteiger partial charge on any atom is 0.258 e. The standard InChI is InChI=1S/C24H34Br3NO/c1-2-3-4-5-6-7-8-9-10-11-12-13-14-15-16-17-18-19-20-21-22-28-23(29)24(25,26)27/h3-4,6-7,9-10,12-13,15-16,18-19H,2,5,8,11,14,17,20-22H2,1H3,(H,28,29). The van der Waals surface area contributed by atoms with Crippen molar-refractivity contribution < 1.29 is 4.79 Å². The Morgan fingerprint density at radius 2 is 1.07 bits per heavy atom. The Labute approximate surface area is 202 Å². The summed E-state index contributed by atoms with van der Waals surface area (Å²) >= 11 is 9.57. The van der Waals surface area contributed by atoms with Gasteiger partial charge in [-0.2, -0.15) is 0 Å². The zero-order chi connectivity index (χ0) is 21.6. The van der Waals surface area contributed by atoms with Crippen LogP contribution < -0.4 is 5.32 Å². The molecule has 0 atom stereocenters. The van der Waals surface area contributed by atoms with Gasteiger partial charge in [0.05, 0.1) is 0 Å². The zero-order valence-electron chi connectivity index (χ0n) is 17.3. The lowest BCUT2D eigenvalue weighted by atomic mass is 10.2. The molecular weight excluding hydrogens is 558 g/mol. The number of amides is 1. The first kappa shape index (κ1) is 28.4. The lowest BCUT2D eigenvalue weighted by molar-refractivity contribution is -0.119. The van der Waals surface area contributed by atoms with E-state index in [-0.39, 0.29) is 5.91 Å². The Hall–Kier alpha value is -0.650. The molecule has 1 amide bonds. The molecule has 0 saturated carbocycles. The lowest BCUT2D eigenvalue weighted by Gasteiger charge is -2.11.